The number of nitrogens with one attached hydrogen (secondary N) is 3. The lowest BCUT2D eigenvalue weighted by Crippen LogP contribution is -2.43. The summed E-state index contributed by atoms with van der Waals surface area (Å²) in [6.07, 6.45) is 2.67. The zero-order valence-electron chi connectivity index (χ0n) is 16.0. The number of nitrogens with zero attached hydrogens (tertiary/aromatic N) is 2. The first-order chi connectivity index (χ1) is 14.0. The molecule has 0 fully saturated rings. The van der Waals surface area contributed by atoms with Crippen molar-refractivity contribution in [2.45, 2.75) is 32.7 Å². The molecular weight excluding hydrogens is 386 g/mol. The predicted octanol–water partition coefficient (Wildman–Crippen LogP) is 2.54. The van der Waals surface area contributed by atoms with E-state index in [-0.39, 0.29) is 16.6 Å². The van der Waals surface area contributed by atoms with Gasteiger partial charge in [0.15, 0.2) is 5.11 Å². The van der Waals surface area contributed by atoms with E-state index in [0.717, 1.165) is 30.8 Å². The van der Waals surface area contributed by atoms with Crippen LogP contribution in [-0.4, -0.2) is 20.6 Å². The number of thiocarbonyl (C=S) groups is 1. The number of aromatic nitrogens is 2. The Morgan fingerprint density at radius 2 is 1.97 bits per heavy atom. The minimum Gasteiger partial charge on any atom is -0.331 e. The molecule has 1 amide bonds. The maximum Gasteiger partial charge on any atom is 0.269 e. The highest BCUT2D eigenvalue weighted by atomic mass is 32.1. The minimum absolute atomic E-state index is 0.0490. The second kappa shape index (κ2) is 8.00. The summed E-state index contributed by atoms with van der Waals surface area (Å²) in [5, 5.41) is 3.81. The quantitative estimate of drug-likeness (QED) is 0.457. The highest BCUT2D eigenvalue weighted by molar-refractivity contribution is 7.80. The van der Waals surface area contributed by atoms with Crippen LogP contribution in [0.5, 0.6) is 0 Å². The summed E-state index contributed by atoms with van der Waals surface area (Å²) in [7, 11) is 0. The molecule has 0 radical (unpaired) electrons. The van der Waals surface area contributed by atoms with E-state index in [1.54, 1.807) is 22.8 Å². The van der Waals surface area contributed by atoms with Gasteiger partial charge in [-0.15, -0.1) is 0 Å². The van der Waals surface area contributed by atoms with Crippen LogP contribution in [-0.2, 0) is 19.4 Å². The smallest absolute Gasteiger partial charge is 0.269 e. The Kier molecular flexibility index (Phi) is 5.26. The number of hydrazine groups is 1. The molecule has 0 atom stereocenters. The van der Waals surface area contributed by atoms with Crippen molar-refractivity contribution in [3.05, 3.63) is 69.8 Å². The number of hydrogen-bond donors (Lipinski definition) is 3. The maximum absolute atomic E-state index is 12.5. The van der Waals surface area contributed by atoms with Crippen molar-refractivity contribution in [2.75, 3.05) is 5.32 Å². The first-order valence-electron chi connectivity index (χ1n) is 9.55. The second-order valence-electron chi connectivity index (χ2n) is 6.90. The van der Waals surface area contributed by atoms with Crippen LogP contribution in [0.1, 0.15) is 35.1 Å². The average Bonchev–Trinajstić information content (AvgIpc) is 3.21. The number of benzene rings is 2. The van der Waals surface area contributed by atoms with Crippen molar-refractivity contribution in [1.29, 1.82) is 0 Å². The lowest BCUT2D eigenvalue weighted by molar-refractivity contribution is 0.0944. The number of carbonyl (C=O) groups excluding carboxylic acids is 1. The first-order valence-corrected chi connectivity index (χ1v) is 9.95. The zero-order chi connectivity index (χ0) is 20.4. The number of hydrogen-bond acceptors (Lipinski definition) is 4. The summed E-state index contributed by atoms with van der Waals surface area (Å²) in [4.78, 5) is 29.5. The normalized spacial score (nSPS) is 12.4. The largest absolute Gasteiger partial charge is 0.331 e. The van der Waals surface area contributed by atoms with Crippen molar-refractivity contribution in [1.82, 2.24) is 20.4 Å². The maximum atomic E-state index is 12.5. The first kappa shape index (κ1) is 19.1. The van der Waals surface area contributed by atoms with Gasteiger partial charge >= 0.3 is 0 Å². The summed E-state index contributed by atoms with van der Waals surface area (Å²) >= 11 is 5.22. The van der Waals surface area contributed by atoms with Gasteiger partial charge in [0.25, 0.3) is 11.5 Å². The Labute approximate surface area is 173 Å². The van der Waals surface area contributed by atoms with E-state index in [1.807, 2.05) is 24.3 Å². The molecule has 29 heavy (non-hydrogen) atoms. The van der Waals surface area contributed by atoms with E-state index in [2.05, 4.69) is 28.1 Å². The second-order valence-corrected chi connectivity index (χ2v) is 7.31. The summed E-state index contributed by atoms with van der Waals surface area (Å²) in [6, 6.07) is 12.8. The molecule has 0 spiro atoms. The molecule has 0 unspecified atom stereocenters. The summed E-state index contributed by atoms with van der Waals surface area (Å²) in [6.45, 7) is 2.80. The number of rotatable bonds is 3. The van der Waals surface area contributed by atoms with Crippen molar-refractivity contribution in [2.24, 2.45) is 0 Å². The highest BCUT2D eigenvalue weighted by Crippen LogP contribution is 2.16. The molecule has 148 valence electrons. The van der Waals surface area contributed by atoms with Gasteiger partial charge in [-0.05, 0) is 61.0 Å². The van der Waals surface area contributed by atoms with Crippen LogP contribution in [0, 0.1) is 0 Å². The zero-order valence-corrected chi connectivity index (χ0v) is 16.8. The molecule has 7 nitrogen and oxygen atoms in total. The number of fused-ring (bicyclic) bond motifs is 2. The van der Waals surface area contributed by atoms with Gasteiger partial charge in [-0.3, -0.25) is 25.0 Å². The third kappa shape index (κ3) is 3.97. The fourth-order valence-corrected chi connectivity index (χ4v) is 3.57. The number of carbonyl (C=O) groups is 1. The van der Waals surface area contributed by atoms with E-state index in [9.17, 15) is 9.59 Å². The van der Waals surface area contributed by atoms with Gasteiger partial charge in [0, 0.05) is 24.2 Å². The molecule has 1 aliphatic heterocycles. The molecular formula is C21H21N5O2S. The monoisotopic (exact) mass is 407 g/mol. The van der Waals surface area contributed by atoms with E-state index in [4.69, 9.17) is 12.2 Å². The van der Waals surface area contributed by atoms with Crippen molar-refractivity contribution >= 4 is 39.8 Å². The van der Waals surface area contributed by atoms with Gasteiger partial charge in [-0.25, -0.2) is 4.98 Å². The fraction of sp³-hybridized carbons (Fsp3) is 0.238. The molecule has 1 aromatic heterocycles. The van der Waals surface area contributed by atoms with Gasteiger partial charge in [0.1, 0.15) is 5.82 Å². The van der Waals surface area contributed by atoms with Gasteiger partial charge < -0.3 is 5.32 Å². The summed E-state index contributed by atoms with van der Waals surface area (Å²) in [5.74, 6) is 0.414. The van der Waals surface area contributed by atoms with Crippen LogP contribution in [0.25, 0.3) is 10.9 Å². The van der Waals surface area contributed by atoms with Crippen molar-refractivity contribution < 1.29 is 4.79 Å². The van der Waals surface area contributed by atoms with E-state index in [1.165, 1.54) is 5.56 Å². The van der Waals surface area contributed by atoms with Crippen molar-refractivity contribution in [3.8, 4) is 0 Å². The Hall–Kier alpha value is -3.26. The summed E-state index contributed by atoms with van der Waals surface area (Å²) in [5.41, 5.74) is 8.21. The van der Waals surface area contributed by atoms with E-state index in [0.29, 0.717) is 23.0 Å². The number of anilines is 1. The van der Waals surface area contributed by atoms with Gasteiger partial charge in [0.2, 0.25) is 0 Å². The Morgan fingerprint density at radius 3 is 2.72 bits per heavy atom. The molecule has 2 aromatic carbocycles. The topological polar surface area (TPSA) is 88.0 Å². The lowest BCUT2D eigenvalue weighted by Gasteiger charge is -2.12. The predicted molar refractivity (Wildman–Crippen MR) is 117 cm³/mol. The number of amides is 1. The molecule has 3 N–H and O–H groups in total. The minimum atomic E-state index is -0.361. The molecule has 0 aliphatic carbocycles. The molecule has 4 rings (SSSR count). The molecule has 8 heteroatoms. The molecule has 3 aromatic rings. The Balaban J connectivity index is 1.42. The highest BCUT2D eigenvalue weighted by Gasteiger charge is 2.17. The van der Waals surface area contributed by atoms with Crippen LogP contribution in [0.4, 0.5) is 5.69 Å². The van der Waals surface area contributed by atoms with Crippen LogP contribution in [0.2, 0.25) is 0 Å². The molecule has 2 heterocycles. The Morgan fingerprint density at radius 1 is 1.17 bits per heavy atom. The SMILES string of the molecule is CCc1ccc(NC(=S)NNC(=O)c2ccc3c(=O)n4c(nc3c2)CCC4)cc1. The lowest BCUT2D eigenvalue weighted by atomic mass is 10.1. The van der Waals surface area contributed by atoms with Crippen LogP contribution < -0.4 is 21.7 Å². The summed E-state index contributed by atoms with van der Waals surface area (Å²) < 4.78 is 1.71. The van der Waals surface area contributed by atoms with E-state index >= 15 is 0 Å². The van der Waals surface area contributed by atoms with E-state index < -0.39 is 0 Å². The van der Waals surface area contributed by atoms with Gasteiger partial charge in [0.05, 0.1) is 10.9 Å². The fourth-order valence-electron chi connectivity index (χ4n) is 3.40. The molecule has 1 aliphatic rings. The van der Waals surface area contributed by atoms with Crippen molar-refractivity contribution in [3.63, 3.8) is 0 Å². The standard InChI is InChI=1S/C21H21N5O2S/c1-2-13-5-8-15(9-6-13)22-21(29)25-24-19(27)14-7-10-16-17(12-14)23-18-4-3-11-26(18)20(16)28/h5-10,12H,2-4,11H2,1H3,(H,24,27)(H2,22,25,29). The van der Waals surface area contributed by atoms with Gasteiger partial charge in [-0.2, -0.15) is 0 Å². The number of aryl methyl sites for hydroxylation is 2. The van der Waals surface area contributed by atoms with Crippen LogP contribution in [0.3, 0.4) is 0 Å². The molecule has 0 saturated heterocycles. The third-order valence-electron chi connectivity index (χ3n) is 4.99. The third-order valence-corrected chi connectivity index (χ3v) is 5.19. The van der Waals surface area contributed by atoms with Crippen LogP contribution in [0.15, 0.2) is 47.3 Å². The van der Waals surface area contributed by atoms with Crippen LogP contribution >= 0.6 is 12.2 Å². The Bertz CT molecular complexity index is 1150. The van der Waals surface area contributed by atoms with Gasteiger partial charge in [-0.1, -0.05) is 19.1 Å². The molecule has 0 bridgehead atoms. The molecule has 0 saturated carbocycles. The average molecular weight is 407 g/mol.